The SMILES string of the molecule is O=c1oc2cccnc2n1CCN1CCN(C(c2ccc(F)cc2)c2ccc(F)cc2)CC1. The number of halogens is 2. The lowest BCUT2D eigenvalue weighted by Crippen LogP contribution is -2.48. The number of aromatic nitrogens is 2. The number of oxazole rings is 1. The predicted molar refractivity (Wildman–Crippen MR) is 121 cm³/mol. The lowest BCUT2D eigenvalue weighted by Gasteiger charge is -2.39. The second kappa shape index (κ2) is 9.25. The molecule has 1 fully saturated rings. The van der Waals surface area contributed by atoms with Crippen LogP contribution in [0.1, 0.15) is 17.2 Å². The molecular weight excluding hydrogens is 426 g/mol. The molecule has 170 valence electrons. The van der Waals surface area contributed by atoms with Crippen LogP contribution in [-0.4, -0.2) is 52.1 Å². The van der Waals surface area contributed by atoms with Gasteiger partial charge in [0.25, 0.3) is 0 Å². The Labute approximate surface area is 189 Å². The molecule has 5 rings (SSSR count). The smallest absolute Gasteiger partial charge is 0.406 e. The van der Waals surface area contributed by atoms with E-state index in [9.17, 15) is 13.6 Å². The van der Waals surface area contributed by atoms with Crippen molar-refractivity contribution in [2.45, 2.75) is 12.6 Å². The van der Waals surface area contributed by atoms with Crippen LogP contribution in [0.2, 0.25) is 0 Å². The average molecular weight is 450 g/mol. The number of hydrogen-bond donors (Lipinski definition) is 0. The molecule has 1 saturated heterocycles. The van der Waals surface area contributed by atoms with Gasteiger partial charge in [-0.3, -0.25) is 14.4 Å². The standard InChI is InChI=1S/C25H24F2N4O2/c26-20-7-3-18(4-8-20)23(19-5-9-21(27)10-6-19)30-15-12-29(13-16-30)14-17-31-24-22(33-25(31)32)2-1-11-28-24/h1-11,23H,12-17H2. The van der Waals surface area contributed by atoms with Crippen molar-refractivity contribution in [2.75, 3.05) is 32.7 Å². The first-order chi connectivity index (χ1) is 16.1. The molecule has 3 heterocycles. The molecule has 0 amide bonds. The molecule has 33 heavy (non-hydrogen) atoms. The molecule has 0 atom stereocenters. The highest BCUT2D eigenvalue weighted by atomic mass is 19.1. The van der Waals surface area contributed by atoms with Gasteiger partial charge in [-0.1, -0.05) is 24.3 Å². The highest BCUT2D eigenvalue weighted by Crippen LogP contribution is 2.30. The van der Waals surface area contributed by atoms with Crippen LogP contribution in [0.3, 0.4) is 0 Å². The monoisotopic (exact) mass is 450 g/mol. The molecule has 4 aromatic rings. The van der Waals surface area contributed by atoms with Crippen LogP contribution >= 0.6 is 0 Å². The molecule has 0 unspecified atom stereocenters. The minimum absolute atomic E-state index is 0.0852. The van der Waals surface area contributed by atoms with Crippen molar-refractivity contribution in [1.82, 2.24) is 19.4 Å². The first kappa shape index (κ1) is 21.5. The summed E-state index contributed by atoms with van der Waals surface area (Å²) in [6.45, 7) is 4.42. The van der Waals surface area contributed by atoms with Gasteiger partial charge in [0.05, 0.1) is 6.04 Å². The van der Waals surface area contributed by atoms with E-state index in [0.717, 1.165) is 37.3 Å². The summed E-state index contributed by atoms with van der Waals surface area (Å²) < 4.78 is 33.9. The number of benzene rings is 2. The largest absolute Gasteiger partial charge is 0.421 e. The number of fused-ring (bicyclic) bond motifs is 1. The van der Waals surface area contributed by atoms with Crippen LogP contribution < -0.4 is 5.76 Å². The third-order valence-corrected chi connectivity index (χ3v) is 6.21. The van der Waals surface area contributed by atoms with E-state index in [0.29, 0.717) is 24.3 Å². The van der Waals surface area contributed by atoms with E-state index in [1.54, 1.807) is 47.2 Å². The zero-order valence-electron chi connectivity index (χ0n) is 18.0. The Morgan fingerprint density at radius 3 is 2.06 bits per heavy atom. The summed E-state index contributed by atoms with van der Waals surface area (Å²) >= 11 is 0. The van der Waals surface area contributed by atoms with Gasteiger partial charge in [0, 0.05) is 45.5 Å². The Morgan fingerprint density at radius 1 is 0.848 bits per heavy atom. The van der Waals surface area contributed by atoms with Gasteiger partial charge in [0.2, 0.25) is 0 Å². The zero-order chi connectivity index (χ0) is 22.8. The Bertz CT molecular complexity index is 1230. The van der Waals surface area contributed by atoms with Gasteiger partial charge >= 0.3 is 5.76 Å². The maximum absolute atomic E-state index is 13.5. The summed E-state index contributed by atoms with van der Waals surface area (Å²) in [5.41, 5.74) is 3.00. The topological polar surface area (TPSA) is 54.5 Å². The van der Waals surface area contributed by atoms with E-state index >= 15 is 0 Å². The summed E-state index contributed by atoms with van der Waals surface area (Å²) in [4.78, 5) is 21.1. The Morgan fingerprint density at radius 2 is 1.45 bits per heavy atom. The highest BCUT2D eigenvalue weighted by molar-refractivity contribution is 5.67. The summed E-state index contributed by atoms with van der Waals surface area (Å²) in [5.74, 6) is -0.953. The van der Waals surface area contributed by atoms with E-state index in [2.05, 4.69) is 14.8 Å². The maximum Gasteiger partial charge on any atom is 0.421 e. The Balaban J connectivity index is 1.28. The molecule has 0 N–H and O–H groups in total. The maximum atomic E-state index is 13.5. The van der Waals surface area contributed by atoms with Gasteiger partial charge in [-0.25, -0.2) is 18.6 Å². The minimum atomic E-state index is -0.394. The van der Waals surface area contributed by atoms with Crippen molar-refractivity contribution in [3.05, 3.63) is 100 Å². The number of rotatable bonds is 6. The van der Waals surface area contributed by atoms with Crippen LogP contribution in [-0.2, 0) is 6.54 Å². The van der Waals surface area contributed by atoms with E-state index in [1.807, 2.05) is 0 Å². The molecule has 8 heteroatoms. The third kappa shape index (κ3) is 4.58. The molecular formula is C25H24F2N4O2. The van der Waals surface area contributed by atoms with E-state index in [4.69, 9.17) is 4.42 Å². The van der Waals surface area contributed by atoms with Crippen LogP contribution in [0, 0.1) is 11.6 Å². The van der Waals surface area contributed by atoms with Crippen LogP contribution in [0.25, 0.3) is 11.2 Å². The number of nitrogens with zero attached hydrogens (tertiary/aromatic N) is 4. The normalized spacial score (nSPS) is 15.5. The third-order valence-electron chi connectivity index (χ3n) is 6.21. The molecule has 2 aromatic heterocycles. The summed E-state index contributed by atoms with van der Waals surface area (Å²) in [6.07, 6.45) is 1.65. The zero-order valence-corrected chi connectivity index (χ0v) is 18.0. The van der Waals surface area contributed by atoms with Crippen molar-refractivity contribution in [1.29, 1.82) is 0 Å². The molecule has 1 aliphatic rings. The quantitative estimate of drug-likeness (QED) is 0.449. The average Bonchev–Trinajstić information content (AvgIpc) is 3.16. The van der Waals surface area contributed by atoms with Crippen LogP contribution in [0.15, 0.2) is 76.1 Å². The van der Waals surface area contributed by atoms with Crippen molar-refractivity contribution in [2.24, 2.45) is 0 Å². The van der Waals surface area contributed by atoms with Gasteiger partial charge in [-0.15, -0.1) is 0 Å². The van der Waals surface area contributed by atoms with Gasteiger partial charge in [-0.2, -0.15) is 0 Å². The van der Waals surface area contributed by atoms with Gasteiger partial charge < -0.3 is 4.42 Å². The van der Waals surface area contributed by atoms with Crippen molar-refractivity contribution >= 4 is 11.2 Å². The Kier molecular flexibility index (Phi) is 6.02. The number of piperazine rings is 1. The van der Waals surface area contributed by atoms with E-state index < -0.39 is 5.76 Å². The first-order valence-electron chi connectivity index (χ1n) is 11.0. The van der Waals surface area contributed by atoms with Crippen molar-refractivity contribution in [3.63, 3.8) is 0 Å². The predicted octanol–water partition coefficient (Wildman–Crippen LogP) is 3.67. The molecule has 0 saturated carbocycles. The molecule has 1 aliphatic heterocycles. The summed E-state index contributed by atoms with van der Waals surface area (Å²) in [6, 6.07) is 16.4. The van der Waals surface area contributed by atoms with Gasteiger partial charge in [0.15, 0.2) is 11.2 Å². The fourth-order valence-corrected chi connectivity index (χ4v) is 4.49. The summed E-state index contributed by atoms with van der Waals surface area (Å²) in [7, 11) is 0. The lowest BCUT2D eigenvalue weighted by molar-refractivity contribution is 0.106. The fourth-order valence-electron chi connectivity index (χ4n) is 4.49. The van der Waals surface area contributed by atoms with Crippen LogP contribution in [0.4, 0.5) is 8.78 Å². The van der Waals surface area contributed by atoms with Gasteiger partial charge in [-0.05, 0) is 47.5 Å². The fraction of sp³-hybridized carbons (Fsp3) is 0.280. The lowest BCUT2D eigenvalue weighted by atomic mass is 9.96. The van der Waals surface area contributed by atoms with Crippen molar-refractivity contribution in [3.8, 4) is 0 Å². The van der Waals surface area contributed by atoms with Crippen LogP contribution in [0.5, 0.6) is 0 Å². The van der Waals surface area contributed by atoms with Gasteiger partial charge in [0.1, 0.15) is 11.6 Å². The second-order valence-electron chi connectivity index (χ2n) is 8.23. The minimum Gasteiger partial charge on any atom is -0.406 e. The molecule has 0 aliphatic carbocycles. The molecule has 0 spiro atoms. The second-order valence-corrected chi connectivity index (χ2v) is 8.23. The molecule has 2 aromatic carbocycles. The van der Waals surface area contributed by atoms with Crippen molar-refractivity contribution < 1.29 is 13.2 Å². The Hall–Kier alpha value is -3.36. The number of pyridine rings is 1. The van der Waals surface area contributed by atoms with E-state index in [-0.39, 0.29) is 17.7 Å². The number of hydrogen-bond acceptors (Lipinski definition) is 5. The highest BCUT2D eigenvalue weighted by Gasteiger charge is 2.26. The first-order valence-corrected chi connectivity index (χ1v) is 11.0. The van der Waals surface area contributed by atoms with E-state index in [1.165, 1.54) is 24.3 Å². The molecule has 6 nitrogen and oxygen atoms in total. The summed E-state index contributed by atoms with van der Waals surface area (Å²) in [5, 5.41) is 0. The molecule has 0 bridgehead atoms. The molecule has 0 radical (unpaired) electrons.